The molecule has 1 aromatic carbocycles. The number of aryl methyl sites for hydroxylation is 1. The van der Waals surface area contributed by atoms with Crippen molar-refractivity contribution in [2.75, 3.05) is 5.32 Å². The molecule has 4 heterocycles. The van der Waals surface area contributed by atoms with Crippen molar-refractivity contribution in [1.82, 2.24) is 29.4 Å². The fraction of sp³-hybridized carbons (Fsp3) is 0.0909. The van der Waals surface area contributed by atoms with E-state index in [2.05, 4.69) is 20.4 Å². The van der Waals surface area contributed by atoms with Gasteiger partial charge in [0.25, 0.3) is 0 Å². The molecule has 4 aromatic heterocycles. The molecule has 0 saturated carbocycles. The van der Waals surface area contributed by atoms with E-state index in [4.69, 9.17) is 16.7 Å². The molecule has 5 aromatic rings. The maximum absolute atomic E-state index is 6.29. The van der Waals surface area contributed by atoms with E-state index in [1.807, 2.05) is 78.5 Å². The van der Waals surface area contributed by atoms with Crippen LogP contribution in [0, 0.1) is 6.92 Å². The first-order chi connectivity index (χ1) is 14.7. The summed E-state index contributed by atoms with van der Waals surface area (Å²) >= 11 is 6.29. The Hall–Kier alpha value is -3.71. The second-order valence-corrected chi connectivity index (χ2v) is 7.29. The van der Waals surface area contributed by atoms with Crippen molar-refractivity contribution < 1.29 is 0 Å². The Balaban J connectivity index is 1.56. The molecule has 0 fully saturated rings. The lowest BCUT2D eigenvalue weighted by atomic mass is 10.2. The van der Waals surface area contributed by atoms with Gasteiger partial charge in [-0.15, -0.1) is 5.10 Å². The molecule has 0 aliphatic rings. The zero-order valence-electron chi connectivity index (χ0n) is 16.2. The second kappa shape index (κ2) is 7.61. The van der Waals surface area contributed by atoms with Crippen LogP contribution in [0.25, 0.3) is 22.7 Å². The zero-order valence-corrected chi connectivity index (χ0v) is 17.0. The average molecular weight is 416 g/mol. The summed E-state index contributed by atoms with van der Waals surface area (Å²) in [7, 11) is 0. The van der Waals surface area contributed by atoms with Gasteiger partial charge in [0.1, 0.15) is 12.1 Å². The Labute approximate surface area is 178 Å². The van der Waals surface area contributed by atoms with E-state index < -0.39 is 0 Å². The van der Waals surface area contributed by atoms with Gasteiger partial charge >= 0.3 is 0 Å². The molecule has 5 rings (SSSR count). The third-order valence-corrected chi connectivity index (χ3v) is 5.16. The summed E-state index contributed by atoms with van der Waals surface area (Å²) in [6.45, 7) is 2.53. The molecular formula is C22H18ClN7. The van der Waals surface area contributed by atoms with Crippen LogP contribution in [0.4, 0.5) is 5.82 Å². The Kier molecular flexibility index (Phi) is 4.65. The van der Waals surface area contributed by atoms with Crippen molar-refractivity contribution in [1.29, 1.82) is 0 Å². The van der Waals surface area contributed by atoms with E-state index in [-0.39, 0.29) is 0 Å². The molecule has 0 amide bonds. The first kappa shape index (κ1) is 18.3. The van der Waals surface area contributed by atoms with E-state index in [1.54, 1.807) is 4.52 Å². The number of halogens is 1. The van der Waals surface area contributed by atoms with Gasteiger partial charge in [0.15, 0.2) is 11.5 Å². The molecule has 0 aliphatic carbocycles. The van der Waals surface area contributed by atoms with Crippen LogP contribution in [0.5, 0.6) is 0 Å². The van der Waals surface area contributed by atoms with E-state index in [1.165, 1.54) is 6.33 Å². The monoisotopic (exact) mass is 415 g/mol. The number of pyridine rings is 2. The van der Waals surface area contributed by atoms with Gasteiger partial charge in [-0.05, 0) is 42.8 Å². The second-order valence-electron chi connectivity index (χ2n) is 6.89. The lowest BCUT2D eigenvalue weighted by molar-refractivity contribution is 0.846. The van der Waals surface area contributed by atoms with Crippen molar-refractivity contribution in [3.8, 4) is 17.1 Å². The van der Waals surface area contributed by atoms with Gasteiger partial charge in [-0.1, -0.05) is 35.9 Å². The quantitative estimate of drug-likeness (QED) is 0.456. The van der Waals surface area contributed by atoms with Crippen LogP contribution in [-0.4, -0.2) is 29.4 Å². The van der Waals surface area contributed by atoms with Crippen LogP contribution in [0.3, 0.4) is 0 Å². The van der Waals surface area contributed by atoms with Crippen molar-refractivity contribution in [2.45, 2.75) is 13.5 Å². The minimum Gasteiger partial charge on any atom is -0.364 e. The minimum atomic E-state index is 0.570. The highest BCUT2D eigenvalue weighted by Gasteiger charge is 2.14. The summed E-state index contributed by atoms with van der Waals surface area (Å²) in [6.07, 6.45) is 3.42. The highest BCUT2D eigenvalue weighted by Crippen LogP contribution is 2.27. The van der Waals surface area contributed by atoms with E-state index >= 15 is 0 Å². The van der Waals surface area contributed by atoms with Crippen LogP contribution in [0.2, 0.25) is 5.02 Å². The predicted molar refractivity (Wildman–Crippen MR) is 117 cm³/mol. The molecule has 30 heavy (non-hydrogen) atoms. The highest BCUT2D eigenvalue weighted by atomic mass is 35.5. The predicted octanol–water partition coefficient (Wildman–Crippen LogP) is 4.55. The number of nitrogens with one attached hydrogen (secondary N) is 1. The number of benzene rings is 1. The fourth-order valence-electron chi connectivity index (χ4n) is 3.30. The van der Waals surface area contributed by atoms with Crippen molar-refractivity contribution in [3.63, 3.8) is 0 Å². The molecule has 0 aliphatic heterocycles. The number of anilines is 1. The first-order valence-electron chi connectivity index (χ1n) is 9.48. The molecule has 0 bridgehead atoms. The maximum Gasteiger partial charge on any atom is 0.155 e. The Bertz CT molecular complexity index is 1340. The van der Waals surface area contributed by atoms with Crippen LogP contribution in [0.15, 0.2) is 73.2 Å². The lowest BCUT2D eigenvalue weighted by Gasteiger charge is -2.07. The maximum atomic E-state index is 6.29. The number of aromatic nitrogens is 6. The third-order valence-electron chi connectivity index (χ3n) is 4.79. The van der Waals surface area contributed by atoms with Crippen molar-refractivity contribution in [2.24, 2.45) is 0 Å². The largest absolute Gasteiger partial charge is 0.364 e. The molecule has 7 nitrogen and oxygen atoms in total. The summed E-state index contributed by atoms with van der Waals surface area (Å²) < 4.78 is 3.57. The van der Waals surface area contributed by atoms with E-state index in [9.17, 15) is 0 Å². The molecule has 1 N–H and O–H groups in total. The lowest BCUT2D eigenvalue weighted by Crippen LogP contribution is -2.04. The number of rotatable bonds is 5. The Morgan fingerprint density at radius 1 is 1.03 bits per heavy atom. The standard InChI is InChI=1S/C22H18ClN7/c1-15-5-4-8-21(27-15)30-19(16-9-10-29-22(11-16)25-14-26-29)12-20(28-30)24-13-17-6-2-3-7-18(17)23/h2-12,14H,13H2,1H3,(H,24,28). The Morgan fingerprint density at radius 2 is 1.93 bits per heavy atom. The van der Waals surface area contributed by atoms with Gasteiger partial charge in [-0.25, -0.2) is 19.2 Å². The molecule has 0 atom stereocenters. The van der Waals surface area contributed by atoms with Crippen molar-refractivity contribution >= 4 is 23.1 Å². The van der Waals surface area contributed by atoms with Gasteiger partial charge in [0, 0.05) is 35.1 Å². The van der Waals surface area contributed by atoms with Crippen LogP contribution in [-0.2, 0) is 6.54 Å². The molecule has 148 valence electrons. The summed E-state index contributed by atoms with van der Waals surface area (Å²) in [5.74, 6) is 1.48. The smallest absolute Gasteiger partial charge is 0.155 e. The normalized spacial score (nSPS) is 11.1. The number of fused-ring (bicyclic) bond motifs is 1. The number of hydrogen-bond acceptors (Lipinski definition) is 5. The SMILES string of the molecule is Cc1cccc(-n2nc(NCc3ccccc3Cl)cc2-c2ccn3ncnc3c2)n1. The van der Waals surface area contributed by atoms with Gasteiger partial charge < -0.3 is 5.32 Å². The zero-order chi connectivity index (χ0) is 20.5. The van der Waals surface area contributed by atoms with Crippen LogP contribution >= 0.6 is 11.6 Å². The summed E-state index contributed by atoms with van der Waals surface area (Å²) in [5.41, 5.74) is 4.57. The average Bonchev–Trinajstić information content (AvgIpc) is 3.39. The number of nitrogens with zero attached hydrogens (tertiary/aromatic N) is 6. The topological polar surface area (TPSA) is 72.9 Å². The van der Waals surface area contributed by atoms with Gasteiger partial charge in [0.2, 0.25) is 0 Å². The number of hydrogen-bond donors (Lipinski definition) is 1. The Morgan fingerprint density at radius 3 is 2.80 bits per heavy atom. The third kappa shape index (κ3) is 3.51. The summed E-state index contributed by atoms with van der Waals surface area (Å²) in [4.78, 5) is 8.94. The molecule has 0 unspecified atom stereocenters. The van der Waals surface area contributed by atoms with Crippen molar-refractivity contribution in [3.05, 3.63) is 89.5 Å². The molecular weight excluding hydrogens is 398 g/mol. The van der Waals surface area contributed by atoms with E-state index in [0.717, 1.165) is 44.8 Å². The minimum absolute atomic E-state index is 0.570. The highest BCUT2D eigenvalue weighted by molar-refractivity contribution is 6.31. The van der Waals surface area contributed by atoms with Gasteiger partial charge in [0.05, 0.1) is 5.69 Å². The van der Waals surface area contributed by atoms with Gasteiger partial charge in [-0.3, -0.25) is 0 Å². The first-order valence-corrected chi connectivity index (χ1v) is 9.86. The molecule has 0 spiro atoms. The van der Waals surface area contributed by atoms with Gasteiger partial charge in [-0.2, -0.15) is 5.10 Å². The molecule has 8 heteroatoms. The summed E-state index contributed by atoms with van der Waals surface area (Å²) in [6, 6.07) is 19.6. The van der Waals surface area contributed by atoms with Crippen LogP contribution < -0.4 is 5.32 Å². The molecule has 0 saturated heterocycles. The van der Waals surface area contributed by atoms with E-state index in [0.29, 0.717) is 6.54 Å². The summed E-state index contributed by atoms with van der Waals surface area (Å²) in [5, 5.41) is 13.0. The van der Waals surface area contributed by atoms with Crippen LogP contribution in [0.1, 0.15) is 11.3 Å². The molecule has 0 radical (unpaired) electrons. The fourth-order valence-corrected chi connectivity index (χ4v) is 3.50.